The first kappa shape index (κ1) is 19.6. The summed E-state index contributed by atoms with van der Waals surface area (Å²) < 4.78 is 32.0. The van der Waals surface area contributed by atoms with Crippen LogP contribution in [0.3, 0.4) is 0 Å². The minimum Gasteiger partial charge on any atom is -0.497 e. The van der Waals surface area contributed by atoms with Crippen molar-refractivity contribution in [1.29, 1.82) is 0 Å². The lowest BCUT2D eigenvalue weighted by Crippen LogP contribution is -2.45. The quantitative estimate of drug-likeness (QED) is 0.887. The van der Waals surface area contributed by atoms with E-state index >= 15 is 0 Å². The molecular weight excluding hydrogens is 348 g/mol. The Morgan fingerprint density at radius 3 is 2.56 bits per heavy atom. The Morgan fingerprint density at radius 1 is 1.16 bits per heavy atom. The second kappa shape index (κ2) is 8.13. The highest BCUT2D eigenvalue weighted by Crippen LogP contribution is 2.33. The first-order chi connectivity index (χ1) is 11.5. The SMILES string of the molecule is COc1cccc(C2(O)CCCN(Cc3cc(F)cc(F)c3)C2)c1.Cl. The molecule has 0 amide bonds. The predicted molar refractivity (Wildman–Crippen MR) is 95.0 cm³/mol. The van der Waals surface area contributed by atoms with E-state index in [9.17, 15) is 13.9 Å². The van der Waals surface area contributed by atoms with Crippen LogP contribution in [0.5, 0.6) is 5.75 Å². The lowest BCUT2D eigenvalue weighted by atomic mass is 9.85. The minimum atomic E-state index is -0.987. The highest BCUT2D eigenvalue weighted by atomic mass is 35.5. The Kier molecular flexibility index (Phi) is 6.38. The maximum Gasteiger partial charge on any atom is 0.126 e. The molecule has 1 aliphatic rings. The first-order valence-electron chi connectivity index (χ1n) is 8.03. The van der Waals surface area contributed by atoms with Crippen LogP contribution in [0.2, 0.25) is 0 Å². The number of aliphatic hydroxyl groups is 1. The number of methoxy groups -OCH3 is 1. The lowest BCUT2D eigenvalue weighted by Gasteiger charge is -2.39. The fourth-order valence-corrected chi connectivity index (χ4v) is 3.37. The van der Waals surface area contributed by atoms with E-state index in [1.54, 1.807) is 7.11 Å². The van der Waals surface area contributed by atoms with E-state index in [0.717, 1.165) is 24.6 Å². The standard InChI is InChI=1S/C19H21F2NO2.ClH/c1-24-18-5-2-4-15(10-18)19(23)6-3-7-22(13-19)12-14-8-16(20)11-17(21)9-14;/h2,4-5,8-11,23H,3,6-7,12-13H2,1H3;1H. The molecule has 3 nitrogen and oxygen atoms in total. The third-order valence-corrected chi connectivity index (χ3v) is 4.49. The van der Waals surface area contributed by atoms with Gasteiger partial charge in [-0.25, -0.2) is 8.78 Å². The average Bonchev–Trinajstić information content (AvgIpc) is 2.54. The number of halogens is 3. The molecule has 1 saturated heterocycles. The Hall–Kier alpha value is -1.69. The molecule has 2 aromatic carbocycles. The highest BCUT2D eigenvalue weighted by Gasteiger charge is 2.35. The van der Waals surface area contributed by atoms with Crippen molar-refractivity contribution in [3.63, 3.8) is 0 Å². The zero-order valence-corrected chi connectivity index (χ0v) is 14.9. The predicted octanol–water partition coefficient (Wildman–Crippen LogP) is 3.88. The number of piperidine rings is 1. The number of hydrogen-bond acceptors (Lipinski definition) is 3. The Bertz CT molecular complexity index is 708. The van der Waals surface area contributed by atoms with Crippen molar-refractivity contribution >= 4 is 12.4 Å². The van der Waals surface area contributed by atoms with Gasteiger partial charge in [-0.3, -0.25) is 4.90 Å². The molecule has 6 heteroatoms. The van der Waals surface area contributed by atoms with Gasteiger partial charge in [-0.2, -0.15) is 0 Å². The van der Waals surface area contributed by atoms with Crippen LogP contribution in [-0.4, -0.2) is 30.2 Å². The summed E-state index contributed by atoms with van der Waals surface area (Å²) in [6, 6.07) is 11.0. The van der Waals surface area contributed by atoms with Crippen LogP contribution in [-0.2, 0) is 12.1 Å². The summed E-state index contributed by atoms with van der Waals surface area (Å²) in [5.41, 5.74) is 0.387. The summed E-state index contributed by atoms with van der Waals surface area (Å²) in [6.07, 6.45) is 1.46. The van der Waals surface area contributed by atoms with E-state index in [-0.39, 0.29) is 12.4 Å². The minimum absolute atomic E-state index is 0. The third kappa shape index (κ3) is 4.69. The topological polar surface area (TPSA) is 32.7 Å². The van der Waals surface area contributed by atoms with E-state index in [0.29, 0.717) is 30.8 Å². The molecule has 1 atom stereocenters. The van der Waals surface area contributed by atoms with Gasteiger partial charge in [0.25, 0.3) is 0 Å². The highest BCUT2D eigenvalue weighted by molar-refractivity contribution is 5.85. The van der Waals surface area contributed by atoms with Crippen molar-refractivity contribution in [2.75, 3.05) is 20.2 Å². The van der Waals surface area contributed by atoms with Gasteiger partial charge in [-0.1, -0.05) is 12.1 Å². The van der Waals surface area contributed by atoms with E-state index in [4.69, 9.17) is 4.74 Å². The van der Waals surface area contributed by atoms with Gasteiger partial charge in [-0.05, 0) is 54.8 Å². The molecule has 1 aliphatic heterocycles. The molecule has 25 heavy (non-hydrogen) atoms. The Balaban J connectivity index is 0.00000225. The average molecular weight is 370 g/mol. The van der Waals surface area contributed by atoms with Gasteiger partial charge >= 0.3 is 0 Å². The van der Waals surface area contributed by atoms with Gasteiger partial charge in [0.2, 0.25) is 0 Å². The number of nitrogens with zero attached hydrogens (tertiary/aromatic N) is 1. The normalized spacial score (nSPS) is 20.8. The second-order valence-electron chi connectivity index (χ2n) is 6.36. The van der Waals surface area contributed by atoms with Crippen LogP contribution in [0.4, 0.5) is 8.78 Å². The van der Waals surface area contributed by atoms with Crippen molar-refractivity contribution in [3.8, 4) is 5.75 Å². The van der Waals surface area contributed by atoms with Gasteiger partial charge in [0.05, 0.1) is 7.11 Å². The van der Waals surface area contributed by atoms with Crippen LogP contribution >= 0.6 is 12.4 Å². The Morgan fingerprint density at radius 2 is 1.88 bits per heavy atom. The molecule has 0 radical (unpaired) electrons. The number of benzene rings is 2. The van der Waals surface area contributed by atoms with Crippen LogP contribution in [0.25, 0.3) is 0 Å². The van der Waals surface area contributed by atoms with Crippen molar-refractivity contribution in [1.82, 2.24) is 4.90 Å². The molecule has 0 aromatic heterocycles. The van der Waals surface area contributed by atoms with E-state index in [2.05, 4.69) is 0 Å². The summed E-state index contributed by atoms with van der Waals surface area (Å²) in [6.45, 7) is 1.60. The summed E-state index contributed by atoms with van der Waals surface area (Å²) >= 11 is 0. The fourth-order valence-electron chi connectivity index (χ4n) is 3.37. The molecule has 3 rings (SSSR count). The molecule has 1 N–H and O–H groups in total. The van der Waals surface area contributed by atoms with Crippen molar-refractivity contribution in [2.45, 2.75) is 25.0 Å². The summed E-state index contributed by atoms with van der Waals surface area (Å²) in [5.74, 6) is -0.458. The molecule has 2 aromatic rings. The van der Waals surface area contributed by atoms with Crippen LogP contribution in [0, 0.1) is 11.6 Å². The van der Waals surface area contributed by atoms with Gasteiger partial charge in [0.1, 0.15) is 23.0 Å². The van der Waals surface area contributed by atoms with Crippen LogP contribution in [0.15, 0.2) is 42.5 Å². The zero-order chi connectivity index (χ0) is 17.2. The number of rotatable bonds is 4. The molecular formula is C19H22ClF2NO2. The monoisotopic (exact) mass is 369 g/mol. The van der Waals surface area contributed by atoms with E-state index in [1.165, 1.54) is 12.1 Å². The zero-order valence-electron chi connectivity index (χ0n) is 14.0. The molecule has 0 spiro atoms. The maximum atomic E-state index is 13.4. The lowest BCUT2D eigenvalue weighted by molar-refractivity contribution is -0.0382. The number of likely N-dealkylation sites (tertiary alicyclic amines) is 1. The number of β-amino-alcohol motifs (C(OH)–C–C–N with tert-alkyl or cyclic N) is 1. The largest absolute Gasteiger partial charge is 0.497 e. The van der Waals surface area contributed by atoms with E-state index < -0.39 is 17.2 Å². The summed E-state index contributed by atoms with van der Waals surface area (Å²) in [7, 11) is 1.59. The van der Waals surface area contributed by atoms with Gasteiger partial charge in [0, 0.05) is 19.2 Å². The summed E-state index contributed by atoms with van der Waals surface area (Å²) in [4.78, 5) is 2.02. The van der Waals surface area contributed by atoms with Crippen LogP contribution < -0.4 is 4.74 Å². The van der Waals surface area contributed by atoms with Gasteiger partial charge in [-0.15, -0.1) is 12.4 Å². The summed E-state index contributed by atoms with van der Waals surface area (Å²) in [5, 5.41) is 11.1. The van der Waals surface area contributed by atoms with Crippen molar-refractivity contribution in [2.24, 2.45) is 0 Å². The van der Waals surface area contributed by atoms with Crippen molar-refractivity contribution < 1.29 is 18.6 Å². The van der Waals surface area contributed by atoms with Gasteiger partial charge in [0.15, 0.2) is 0 Å². The van der Waals surface area contributed by atoms with Crippen molar-refractivity contribution in [3.05, 3.63) is 65.2 Å². The van der Waals surface area contributed by atoms with E-state index in [1.807, 2.05) is 29.2 Å². The maximum absolute atomic E-state index is 13.4. The van der Waals surface area contributed by atoms with Crippen LogP contribution in [0.1, 0.15) is 24.0 Å². The smallest absolute Gasteiger partial charge is 0.126 e. The Labute approximate surface area is 152 Å². The van der Waals surface area contributed by atoms with Gasteiger partial charge < -0.3 is 9.84 Å². The molecule has 1 heterocycles. The fraction of sp³-hybridized carbons (Fsp3) is 0.368. The molecule has 1 unspecified atom stereocenters. The molecule has 136 valence electrons. The number of ether oxygens (including phenoxy) is 1. The molecule has 1 fully saturated rings. The molecule has 0 bridgehead atoms. The first-order valence-corrected chi connectivity index (χ1v) is 8.03. The molecule has 0 aliphatic carbocycles. The third-order valence-electron chi connectivity index (χ3n) is 4.49. The second-order valence-corrected chi connectivity index (χ2v) is 6.36. The molecule has 0 saturated carbocycles. The number of hydrogen-bond donors (Lipinski definition) is 1.